The van der Waals surface area contributed by atoms with Crippen LogP contribution in [0.5, 0.6) is 0 Å². The fourth-order valence-corrected chi connectivity index (χ4v) is 1.38. The molecule has 0 fully saturated rings. The molecule has 0 aliphatic rings. The molecule has 1 aromatic heterocycles. The van der Waals surface area contributed by atoms with Crippen LogP contribution in [0.2, 0.25) is 0 Å². The van der Waals surface area contributed by atoms with Gasteiger partial charge in [0.05, 0.1) is 0 Å². The lowest BCUT2D eigenvalue weighted by Crippen LogP contribution is -2.31. The predicted molar refractivity (Wildman–Crippen MR) is 62.1 cm³/mol. The van der Waals surface area contributed by atoms with Gasteiger partial charge in [0, 0.05) is 13.1 Å². The van der Waals surface area contributed by atoms with Crippen LogP contribution in [-0.4, -0.2) is 35.0 Å². The summed E-state index contributed by atoms with van der Waals surface area (Å²) in [5, 5.41) is 8.69. The smallest absolute Gasteiger partial charge is 0.371 e. The van der Waals surface area contributed by atoms with E-state index in [-0.39, 0.29) is 17.4 Å². The van der Waals surface area contributed by atoms with E-state index in [4.69, 9.17) is 9.52 Å². The molecule has 0 aromatic carbocycles. The van der Waals surface area contributed by atoms with Gasteiger partial charge in [0.15, 0.2) is 5.76 Å². The quantitative estimate of drug-likeness (QED) is 0.795. The number of carbonyl (C=O) groups is 2. The van der Waals surface area contributed by atoms with Crippen molar-refractivity contribution in [3.05, 3.63) is 35.8 Å². The van der Waals surface area contributed by atoms with Crippen LogP contribution in [0.1, 0.15) is 35.0 Å². The zero-order valence-electron chi connectivity index (χ0n) is 9.90. The summed E-state index contributed by atoms with van der Waals surface area (Å²) < 4.78 is 4.95. The fraction of sp³-hybridized carbons (Fsp3) is 0.333. The highest BCUT2D eigenvalue weighted by atomic mass is 16.4. The lowest BCUT2D eigenvalue weighted by atomic mass is 10.3. The van der Waals surface area contributed by atoms with Crippen molar-refractivity contribution in [1.29, 1.82) is 0 Å². The maximum atomic E-state index is 11.9. The van der Waals surface area contributed by atoms with Crippen molar-refractivity contribution in [3.63, 3.8) is 0 Å². The summed E-state index contributed by atoms with van der Waals surface area (Å²) in [5.74, 6) is -1.72. The van der Waals surface area contributed by atoms with E-state index in [2.05, 4.69) is 6.58 Å². The molecule has 5 nitrogen and oxygen atoms in total. The Morgan fingerprint density at radius 3 is 2.41 bits per heavy atom. The van der Waals surface area contributed by atoms with Crippen molar-refractivity contribution in [2.45, 2.75) is 13.8 Å². The predicted octanol–water partition coefficient (Wildman–Crippen LogP) is 2.02. The van der Waals surface area contributed by atoms with Gasteiger partial charge in [-0.15, -0.1) is 0 Å². The standard InChI is InChI=1S/C12H15NO4/c1-4-13(7-8(2)3)11(14)9-5-6-10(17-9)12(15)16/h5-6H,2,4,7H2,1,3H3,(H,15,16). The molecule has 0 unspecified atom stereocenters. The number of amides is 1. The Bertz CT molecular complexity index is 447. The van der Waals surface area contributed by atoms with Crippen molar-refractivity contribution in [3.8, 4) is 0 Å². The molecule has 0 aliphatic heterocycles. The first-order valence-corrected chi connectivity index (χ1v) is 5.22. The molecule has 1 aromatic rings. The van der Waals surface area contributed by atoms with Crippen LogP contribution in [-0.2, 0) is 0 Å². The Balaban J connectivity index is 2.86. The van der Waals surface area contributed by atoms with Gasteiger partial charge in [-0.05, 0) is 26.0 Å². The minimum atomic E-state index is -1.19. The maximum absolute atomic E-state index is 11.9. The Hall–Kier alpha value is -2.04. The molecule has 0 atom stereocenters. The number of furan rings is 1. The van der Waals surface area contributed by atoms with Gasteiger partial charge in [-0.25, -0.2) is 4.79 Å². The van der Waals surface area contributed by atoms with Crippen molar-refractivity contribution in [2.75, 3.05) is 13.1 Å². The van der Waals surface area contributed by atoms with E-state index >= 15 is 0 Å². The first kappa shape index (κ1) is 13.0. The summed E-state index contributed by atoms with van der Waals surface area (Å²) in [7, 11) is 0. The van der Waals surface area contributed by atoms with E-state index in [1.165, 1.54) is 17.0 Å². The molecule has 0 saturated heterocycles. The number of carboxylic acids is 1. The molecule has 1 N–H and O–H groups in total. The second-order valence-corrected chi connectivity index (χ2v) is 3.75. The Kier molecular flexibility index (Phi) is 4.09. The molecule has 0 aliphatic carbocycles. The highest BCUT2D eigenvalue weighted by Crippen LogP contribution is 2.11. The maximum Gasteiger partial charge on any atom is 0.371 e. The summed E-state index contributed by atoms with van der Waals surface area (Å²) >= 11 is 0. The number of nitrogens with zero attached hydrogens (tertiary/aromatic N) is 1. The van der Waals surface area contributed by atoms with Gasteiger partial charge in [-0.3, -0.25) is 4.79 Å². The third-order valence-electron chi connectivity index (χ3n) is 2.16. The topological polar surface area (TPSA) is 70.8 Å². The number of aromatic carboxylic acids is 1. The van der Waals surface area contributed by atoms with Crippen molar-refractivity contribution < 1.29 is 19.1 Å². The average Bonchev–Trinajstić information content (AvgIpc) is 2.73. The number of carboxylic acid groups (broad SMARTS) is 1. The lowest BCUT2D eigenvalue weighted by Gasteiger charge is -2.19. The minimum Gasteiger partial charge on any atom is -0.475 e. The molecule has 0 bridgehead atoms. The third-order valence-corrected chi connectivity index (χ3v) is 2.16. The number of carbonyl (C=O) groups excluding carboxylic acids is 1. The Labute approximate surface area is 99.3 Å². The second-order valence-electron chi connectivity index (χ2n) is 3.75. The van der Waals surface area contributed by atoms with E-state index in [0.29, 0.717) is 13.1 Å². The number of hydrogen-bond donors (Lipinski definition) is 1. The normalized spacial score (nSPS) is 10.0. The molecular weight excluding hydrogens is 222 g/mol. The molecule has 92 valence electrons. The Morgan fingerprint density at radius 1 is 1.41 bits per heavy atom. The first-order chi connectivity index (χ1) is 7.95. The number of rotatable bonds is 5. The van der Waals surface area contributed by atoms with Crippen molar-refractivity contribution in [1.82, 2.24) is 4.90 Å². The lowest BCUT2D eigenvalue weighted by molar-refractivity contribution is 0.0652. The average molecular weight is 237 g/mol. The van der Waals surface area contributed by atoms with Crippen LogP contribution >= 0.6 is 0 Å². The van der Waals surface area contributed by atoms with Gasteiger partial charge >= 0.3 is 5.97 Å². The van der Waals surface area contributed by atoms with Crippen LogP contribution in [0.25, 0.3) is 0 Å². The highest BCUT2D eigenvalue weighted by molar-refractivity contribution is 5.93. The van der Waals surface area contributed by atoms with E-state index in [1.54, 1.807) is 0 Å². The van der Waals surface area contributed by atoms with E-state index in [1.807, 2.05) is 13.8 Å². The molecule has 1 amide bonds. The molecule has 0 spiro atoms. The van der Waals surface area contributed by atoms with E-state index < -0.39 is 5.97 Å². The number of likely N-dealkylation sites (N-methyl/N-ethyl adjacent to an activating group) is 1. The molecule has 0 radical (unpaired) electrons. The summed E-state index contributed by atoms with van der Waals surface area (Å²) in [6.07, 6.45) is 0. The summed E-state index contributed by atoms with van der Waals surface area (Å²) in [6, 6.07) is 2.64. The monoisotopic (exact) mass is 237 g/mol. The second kappa shape index (κ2) is 5.34. The summed E-state index contributed by atoms with van der Waals surface area (Å²) in [6.45, 7) is 8.33. The van der Waals surface area contributed by atoms with E-state index in [0.717, 1.165) is 5.57 Å². The molecule has 1 heterocycles. The molecule has 5 heteroatoms. The Morgan fingerprint density at radius 2 is 2.00 bits per heavy atom. The minimum absolute atomic E-state index is 0.0329. The zero-order chi connectivity index (χ0) is 13.0. The number of hydrogen-bond acceptors (Lipinski definition) is 3. The zero-order valence-corrected chi connectivity index (χ0v) is 9.90. The van der Waals surface area contributed by atoms with Crippen LogP contribution < -0.4 is 0 Å². The SMILES string of the molecule is C=C(C)CN(CC)C(=O)c1ccc(C(=O)O)o1. The van der Waals surface area contributed by atoms with Crippen LogP contribution in [0.3, 0.4) is 0 Å². The van der Waals surface area contributed by atoms with E-state index in [9.17, 15) is 9.59 Å². The summed E-state index contributed by atoms with van der Waals surface area (Å²) in [4.78, 5) is 24.1. The first-order valence-electron chi connectivity index (χ1n) is 5.22. The van der Waals surface area contributed by atoms with Gasteiger partial charge < -0.3 is 14.4 Å². The highest BCUT2D eigenvalue weighted by Gasteiger charge is 2.19. The van der Waals surface area contributed by atoms with Gasteiger partial charge in [0.1, 0.15) is 0 Å². The van der Waals surface area contributed by atoms with Crippen LogP contribution in [0.15, 0.2) is 28.7 Å². The van der Waals surface area contributed by atoms with Gasteiger partial charge in [0.2, 0.25) is 5.76 Å². The summed E-state index contributed by atoms with van der Waals surface area (Å²) in [5.41, 5.74) is 0.852. The molecule has 1 rings (SSSR count). The third kappa shape index (κ3) is 3.21. The largest absolute Gasteiger partial charge is 0.475 e. The van der Waals surface area contributed by atoms with Crippen molar-refractivity contribution >= 4 is 11.9 Å². The van der Waals surface area contributed by atoms with Gasteiger partial charge in [-0.2, -0.15) is 0 Å². The van der Waals surface area contributed by atoms with Crippen molar-refractivity contribution in [2.24, 2.45) is 0 Å². The molecular formula is C12H15NO4. The van der Waals surface area contributed by atoms with Crippen LogP contribution in [0, 0.1) is 0 Å². The van der Waals surface area contributed by atoms with Crippen LogP contribution in [0.4, 0.5) is 0 Å². The molecule has 0 saturated carbocycles. The van der Waals surface area contributed by atoms with Gasteiger partial charge in [0.25, 0.3) is 5.91 Å². The molecule has 17 heavy (non-hydrogen) atoms. The fourth-order valence-electron chi connectivity index (χ4n) is 1.38. The van der Waals surface area contributed by atoms with Gasteiger partial charge in [-0.1, -0.05) is 12.2 Å².